The standard InChI is InChI=1S/C16H15F4N3O4S/c1-21-14(24)7-6-28-13-8(16(18,19)20)4-11(22-12(7)13)27-10-2-3-23(15(25)26)5-9(10)17/h4,6,9-10H,2-3,5H2,1H3,(H,21,24)(H,25,26). The fourth-order valence-electron chi connectivity index (χ4n) is 2.90. The van der Waals surface area contributed by atoms with Crippen molar-refractivity contribution < 1.29 is 37.0 Å². The molecule has 7 nitrogen and oxygen atoms in total. The summed E-state index contributed by atoms with van der Waals surface area (Å²) in [6.45, 7) is -0.465. The molecule has 2 aromatic rings. The highest BCUT2D eigenvalue weighted by molar-refractivity contribution is 7.17. The zero-order valence-corrected chi connectivity index (χ0v) is 15.2. The average Bonchev–Trinajstić information content (AvgIpc) is 3.04. The van der Waals surface area contributed by atoms with Gasteiger partial charge in [-0.1, -0.05) is 0 Å². The molecule has 2 aromatic heterocycles. The Kier molecular flexibility index (Phi) is 5.33. The molecule has 2 N–H and O–H groups in total. The Morgan fingerprint density at radius 1 is 1.43 bits per heavy atom. The summed E-state index contributed by atoms with van der Waals surface area (Å²) in [5.41, 5.74) is -1.27. The minimum Gasteiger partial charge on any atom is -0.471 e. The fraction of sp³-hybridized carbons (Fsp3) is 0.438. The number of piperidine rings is 1. The first-order valence-corrected chi connectivity index (χ1v) is 9.00. The lowest BCUT2D eigenvalue weighted by Crippen LogP contribution is -2.48. The number of carbonyl (C=O) groups is 2. The van der Waals surface area contributed by atoms with Crippen molar-refractivity contribution in [2.24, 2.45) is 0 Å². The van der Waals surface area contributed by atoms with Crippen molar-refractivity contribution in [3.8, 4) is 5.88 Å². The summed E-state index contributed by atoms with van der Waals surface area (Å²) < 4.78 is 59.8. The summed E-state index contributed by atoms with van der Waals surface area (Å²) in [6, 6.07) is 0.669. The van der Waals surface area contributed by atoms with E-state index < -0.39 is 48.4 Å². The Morgan fingerprint density at radius 2 is 2.14 bits per heavy atom. The van der Waals surface area contributed by atoms with E-state index in [0.29, 0.717) is 6.07 Å². The van der Waals surface area contributed by atoms with Crippen LogP contribution < -0.4 is 10.1 Å². The Balaban J connectivity index is 1.97. The second-order valence-corrected chi connectivity index (χ2v) is 6.98. The summed E-state index contributed by atoms with van der Waals surface area (Å²) in [6.07, 6.45) is -8.93. The van der Waals surface area contributed by atoms with E-state index in [1.165, 1.54) is 12.4 Å². The number of nitrogens with one attached hydrogen (secondary N) is 1. The first-order valence-electron chi connectivity index (χ1n) is 8.12. The smallest absolute Gasteiger partial charge is 0.418 e. The van der Waals surface area contributed by atoms with Crippen molar-refractivity contribution in [1.29, 1.82) is 0 Å². The molecule has 1 fully saturated rings. The number of hydrogen-bond donors (Lipinski definition) is 2. The second-order valence-electron chi connectivity index (χ2n) is 6.10. The molecular formula is C16H15F4N3O4S. The third-order valence-corrected chi connectivity index (χ3v) is 5.30. The van der Waals surface area contributed by atoms with Gasteiger partial charge in [-0.25, -0.2) is 14.2 Å². The lowest BCUT2D eigenvalue weighted by Gasteiger charge is -2.32. The van der Waals surface area contributed by atoms with E-state index in [1.54, 1.807) is 0 Å². The molecule has 1 aliphatic rings. The number of carbonyl (C=O) groups excluding carboxylic acids is 1. The molecule has 1 saturated heterocycles. The summed E-state index contributed by atoms with van der Waals surface area (Å²) in [5, 5.41) is 12.5. The van der Waals surface area contributed by atoms with Crippen LogP contribution in [0.2, 0.25) is 0 Å². The van der Waals surface area contributed by atoms with Crippen LogP contribution in [0, 0.1) is 0 Å². The summed E-state index contributed by atoms with van der Waals surface area (Å²) >= 11 is 0.725. The highest BCUT2D eigenvalue weighted by Crippen LogP contribution is 2.40. The Hall–Kier alpha value is -2.63. The van der Waals surface area contributed by atoms with Crippen LogP contribution in [0.4, 0.5) is 22.4 Å². The number of alkyl halides is 4. The molecule has 2 atom stereocenters. The Bertz CT molecular complexity index is 917. The molecular weight excluding hydrogens is 406 g/mol. The maximum Gasteiger partial charge on any atom is 0.418 e. The fourth-order valence-corrected chi connectivity index (χ4v) is 3.92. The number of pyridine rings is 1. The van der Waals surface area contributed by atoms with Gasteiger partial charge in [0, 0.05) is 31.5 Å². The second kappa shape index (κ2) is 7.41. The molecule has 0 spiro atoms. The minimum absolute atomic E-state index is 0.0171. The Morgan fingerprint density at radius 3 is 2.71 bits per heavy atom. The van der Waals surface area contributed by atoms with Gasteiger partial charge in [0.1, 0.15) is 6.10 Å². The van der Waals surface area contributed by atoms with Gasteiger partial charge in [0.15, 0.2) is 6.17 Å². The molecule has 3 heterocycles. The number of carboxylic acid groups (broad SMARTS) is 1. The maximum atomic E-state index is 14.3. The van der Waals surface area contributed by atoms with E-state index in [1.807, 2.05) is 0 Å². The van der Waals surface area contributed by atoms with Gasteiger partial charge in [-0.2, -0.15) is 13.2 Å². The van der Waals surface area contributed by atoms with Gasteiger partial charge in [-0.15, -0.1) is 11.3 Å². The van der Waals surface area contributed by atoms with E-state index in [9.17, 15) is 27.2 Å². The van der Waals surface area contributed by atoms with Crippen LogP contribution >= 0.6 is 11.3 Å². The summed E-state index contributed by atoms with van der Waals surface area (Å²) in [5.74, 6) is -1.08. The number of halogens is 4. The van der Waals surface area contributed by atoms with Crippen molar-refractivity contribution in [3.05, 3.63) is 22.6 Å². The van der Waals surface area contributed by atoms with Crippen LogP contribution in [0.5, 0.6) is 5.88 Å². The lowest BCUT2D eigenvalue weighted by atomic mass is 10.1. The van der Waals surface area contributed by atoms with Crippen LogP contribution in [-0.4, -0.2) is 59.4 Å². The van der Waals surface area contributed by atoms with Crippen LogP contribution in [0.1, 0.15) is 22.3 Å². The normalized spacial score (nSPS) is 20.2. The van der Waals surface area contributed by atoms with Crippen molar-refractivity contribution >= 4 is 33.6 Å². The van der Waals surface area contributed by atoms with Crippen LogP contribution in [0.15, 0.2) is 11.4 Å². The van der Waals surface area contributed by atoms with Crippen molar-refractivity contribution in [1.82, 2.24) is 15.2 Å². The minimum atomic E-state index is -4.73. The lowest BCUT2D eigenvalue weighted by molar-refractivity contribution is -0.136. The number of thiophene rings is 1. The van der Waals surface area contributed by atoms with E-state index in [0.717, 1.165) is 16.2 Å². The molecule has 0 radical (unpaired) electrons. The number of likely N-dealkylation sites (tertiary alicyclic amines) is 1. The first kappa shape index (κ1) is 20.1. The predicted molar refractivity (Wildman–Crippen MR) is 91.5 cm³/mol. The molecule has 0 aliphatic carbocycles. The van der Waals surface area contributed by atoms with E-state index >= 15 is 0 Å². The molecule has 1 aliphatic heterocycles. The van der Waals surface area contributed by atoms with Crippen molar-refractivity contribution in [3.63, 3.8) is 0 Å². The summed E-state index contributed by atoms with van der Waals surface area (Å²) in [4.78, 5) is 27.7. The van der Waals surface area contributed by atoms with Crippen LogP contribution in [-0.2, 0) is 6.18 Å². The number of hydrogen-bond acceptors (Lipinski definition) is 5. The molecule has 152 valence electrons. The van der Waals surface area contributed by atoms with Gasteiger partial charge in [0.05, 0.1) is 27.9 Å². The monoisotopic (exact) mass is 421 g/mol. The third-order valence-electron chi connectivity index (χ3n) is 4.30. The van der Waals surface area contributed by atoms with Gasteiger partial charge in [0.2, 0.25) is 5.88 Å². The zero-order chi connectivity index (χ0) is 20.6. The number of amides is 2. The van der Waals surface area contributed by atoms with Gasteiger partial charge in [-0.05, 0) is 0 Å². The molecule has 28 heavy (non-hydrogen) atoms. The van der Waals surface area contributed by atoms with Gasteiger partial charge in [0.25, 0.3) is 5.91 Å². The van der Waals surface area contributed by atoms with Gasteiger partial charge >= 0.3 is 12.3 Å². The topological polar surface area (TPSA) is 91.8 Å². The van der Waals surface area contributed by atoms with Crippen LogP contribution in [0.25, 0.3) is 10.2 Å². The number of ether oxygens (including phenoxy) is 1. The SMILES string of the molecule is CNC(=O)c1csc2c(C(F)(F)F)cc(OC3CCN(C(=O)O)CC3F)nc12. The van der Waals surface area contributed by atoms with E-state index in [-0.39, 0.29) is 28.7 Å². The maximum absolute atomic E-state index is 14.3. The molecule has 0 aromatic carbocycles. The number of aromatic nitrogens is 1. The highest BCUT2D eigenvalue weighted by Gasteiger charge is 2.37. The molecule has 12 heteroatoms. The quantitative estimate of drug-likeness (QED) is 0.743. The van der Waals surface area contributed by atoms with Crippen molar-refractivity contribution in [2.45, 2.75) is 24.9 Å². The molecule has 2 amide bonds. The number of nitrogens with zero attached hydrogens (tertiary/aromatic N) is 2. The molecule has 0 bridgehead atoms. The van der Waals surface area contributed by atoms with Crippen LogP contribution in [0.3, 0.4) is 0 Å². The third kappa shape index (κ3) is 3.81. The van der Waals surface area contributed by atoms with E-state index in [4.69, 9.17) is 9.84 Å². The first-order chi connectivity index (χ1) is 13.1. The predicted octanol–water partition coefficient (Wildman–Crippen LogP) is 3.14. The Labute approximate surface area is 159 Å². The largest absolute Gasteiger partial charge is 0.471 e. The van der Waals surface area contributed by atoms with Crippen molar-refractivity contribution in [2.75, 3.05) is 20.1 Å². The van der Waals surface area contributed by atoms with Gasteiger partial charge < -0.3 is 20.1 Å². The molecule has 3 rings (SSSR count). The average molecular weight is 421 g/mol. The number of fused-ring (bicyclic) bond motifs is 1. The summed E-state index contributed by atoms with van der Waals surface area (Å²) in [7, 11) is 1.33. The molecule has 2 unspecified atom stereocenters. The van der Waals surface area contributed by atoms with Gasteiger partial charge in [-0.3, -0.25) is 4.79 Å². The van der Waals surface area contributed by atoms with E-state index in [2.05, 4.69) is 10.3 Å². The molecule has 0 saturated carbocycles. The highest BCUT2D eigenvalue weighted by atomic mass is 32.1. The number of rotatable bonds is 3. The zero-order valence-electron chi connectivity index (χ0n) is 14.4.